The molecule has 0 saturated heterocycles. The van der Waals surface area contributed by atoms with E-state index in [9.17, 15) is 4.79 Å². The van der Waals surface area contributed by atoms with Crippen molar-refractivity contribution in [3.8, 4) is 0 Å². The van der Waals surface area contributed by atoms with Crippen molar-refractivity contribution in [1.29, 1.82) is 0 Å². The van der Waals surface area contributed by atoms with Crippen molar-refractivity contribution in [3.05, 3.63) is 40.1 Å². The van der Waals surface area contributed by atoms with E-state index in [2.05, 4.69) is 15.3 Å². The molecule has 17 heavy (non-hydrogen) atoms. The van der Waals surface area contributed by atoms with E-state index in [-0.39, 0.29) is 11.9 Å². The lowest BCUT2D eigenvalue weighted by atomic mass is 10.2. The Labute approximate surface area is 104 Å². The minimum atomic E-state index is -0.0571. The van der Waals surface area contributed by atoms with Gasteiger partial charge in [0.15, 0.2) is 0 Å². The van der Waals surface area contributed by atoms with Crippen molar-refractivity contribution in [3.63, 3.8) is 0 Å². The van der Waals surface area contributed by atoms with Crippen LogP contribution < -0.4 is 5.32 Å². The molecule has 2 rings (SSSR count). The molecule has 0 aliphatic rings. The van der Waals surface area contributed by atoms with Gasteiger partial charge in [-0.1, -0.05) is 13.0 Å². The molecule has 0 saturated carbocycles. The molecule has 4 nitrogen and oxygen atoms in total. The van der Waals surface area contributed by atoms with Crippen molar-refractivity contribution in [2.24, 2.45) is 0 Å². The summed E-state index contributed by atoms with van der Waals surface area (Å²) in [4.78, 5) is 20.1. The third-order valence-corrected chi connectivity index (χ3v) is 3.38. The van der Waals surface area contributed by atoms with E-state index in [4.69, 9.17) is 0 Å². The number of aromatic nitrogens is 2. The molecule has 0 spiro atoms. The number of rotatable bonds is 4. The van der Waals surface area contributed by atoms with Gasteiger partial charge in [0.1, 0.15) is 5.82 Å². The number of hydrogen-bond donors (Lipinski definition) is 2. The van der Waals surface area contributed by atoms with Crippen molar-refractivity contribution < 1.29 is 4.79 Å². The molecule has 1 unspecified atom stereocenters. The minimum Gasteiger partial charge on any atom is -0.344 e. The summed E-state index contributed by atoms with van der Waals surface area (Å²) in [5.41, 5.74) is 1.00. The smallest absolute Gasteiger partial charge is 0.261 e. The molecule has 0 radical (unpaired) electrons. The van der Waals surface area contributed by atoms with E-state index in [1.807, 2.05) is 31.4 Å². The van der Waals surface area contributed by atoms with Crippen molar-refractivity contribution in [2.45, 2.75) is 26.3 Å². The minimum absolute atomic E-state index is 0.0408. The molecule has 0 aromatic carbocycles. The average molecular weight is 249 g/mol. The fourth-order valence-corrected chi connectivity index (χ4v) is 2.24. The van der Waals surface area contributed by atoms with Gasteiger partial charge in [-0.2, -0.15) is 0 Å². The molecule has 5 heteroatoms. The van der Waals surface area contributed by atoms with E-state index in [1.165, 1.54) is 11.3 Å². The molecule has 1 atom stereocenters. The van der Waals surface area contributed by atoms with Crippen molar-refractivity contribution in [2.75, 3.05) is 0 Å². The molecule has 0 aliphatic carbocycles. The number of aromatic amines is 1. The Hall–Kier alpha value is -1.62. The van der Waals surface area contributed by atoms with Gasteiger partial charge >= 0.3 is 0 Å². The number of carbonyl (C=O) groups is 1. The Kier molecular flexibility index (Phi) is 3.58. The Morgan fingerprint density at radius 3 is 3.00 bits per heavy atom. The largest absolute Gasteiger partial charge is 0.344 e. The summed E-state index contributed by atoms with van der Waals surface area (Å²) in [5, 5.41) is 4.87. The summed E-state index contributed by atoms with van der Waals surface area (Å²) >= 11 is 1.44. The molecule has 0 bridgehead atoms. The van der Waals surface area contributed by atoms with Gasteiger partial charge in [0.05, 0.1) is 10.9 Å². The number of amides is 1. The molecule has 2 heterocycles. The van der Waals surface area contributed by atoms with E-state index in [1.54, 1.807) is 6.20 Å². The van der Waals surface area contributed by atoms with Crippen molar-refractivity contribution in [1.82, 2.24) is 15.3 Å². The standard InChI is InChI=1S/C12H15N3OS/c1-3-9(11-13-7-8(2)14-11)15-12(16)10-5-4-6-17-10/h4-7,9H,3H2,1-2H3,(H,13,14)(H,15,16). The van der Waals surface area contributed by atoms with Crippen LogP contribution in [0.1, 0.15) is 40.6 Å². The van der Waals surface area contributed by atoms with Gasteiger partial charge < -0.3 is 10.3 Å². The number of imidazole rings is 1. The lowest BCUT2D eigenvalue weighted by Crippen LogP contribution is -2.28. The highest BCUT2D eigenvalue weighted by atomic mass is 32.1. The van der Waals surface area contributed by atoms with Gasteiger partial charge in [0.25, 0.3) is 5.91 Å². The Morgan fingerprint density at radius 1 is 1.65 bits per heavy atom. The van der Waals surface area contributed by atoms with Crippen molar-refractivity contribution >= 4 is 17.2 Å². The van der Waals surface area contributed by atoms with Crippen LogP contribution >= 0.6 is 11.3 Å². The normalized spacial score (nSPS) is 12.4. The Morgan fingerprint density at radius 2 is 2.47 bits per heavy atom. The topological polar surface area (TPSA) is 57.8 Å². The Balaban J connectivity index is 2.08. The predicted octanol–water partition coefficient (Wildman–Crippen LogP) is 2.66. The van der Waals surface area contributed by atoms with Gasteiger partial charge in [-0.3, -0.25) is 4.79 Å². The number of carbonyl (C=O) groups excluding carboxylic acids is 1. The fraction of sp³-hybridized carbons (Fsp3) is 0.333. The first kappa shape index (κ1) is 11.9. The molecule has 90 valence electrons. The lowest BCUT2D eigenvalue weighted by Gasteiger charge is -2.13. The first-order chi connectivity index (χ1) is 8.20. The molecule has 0 fully saturated rings. The fourth-order valence-electron chi connectivity index (χ4n) is 1.61. The maximum Gasteiger partial charge on any atom is 0.261 e. The monoisotopic (exact) mass is 249 g/mol. The second kappa shape index (κ2) is 5.14. The van der Waals surface area contributed by atoms with E-state index >= 15 is 0 Å². The summed E-state index contributed by atoms with van der Waals surface area (Å²) in [6, 6.07) is 3.64. The van der Waals surface area contributed by atoms with E-state index in [0.717, 1.165) is 22.8 Å². The van der Waals surface area contributed by atoms with Crippen LogP contribution in [-0.2, 0) is 0 Å². The molecule has 2 aromatic heterocycles. The average Bonchev–Trinajstić information content (AvgIpc) is 2.96. The second-order valence-electron chi connectivity index (χ2n) is 3.86. The molecular formula is C12H15N3OS. The predicted molar refractivity (Wildman–Crippen MR) is 68.1 cm³/mol. The highest BCUT2D eigenvalue weighted by molar-refractivity contribution is 7.12. The van der Waals surface area contributed by atoms with Gasteiger partial charge in [-0.05, 0) is 24.8 Å². The van der Waals surface area contributed by atoms with E-state index < -0.39 is 0 Å². The zero-order chi connectivity index (χ0) is 12.3. The molecule has 1 amide bonds. The number of H-pyrrole nitrogens is 1. The van der Waals surface area contributed by atoms with Gasteiger partial charge in [-0.15, -0.1) is 11.3 Å². The summed E-state index contributed by atoms with van der Waals surface area (Å²) in [6.07, 6.45) is 2.58. The zero-order valence-corrected chi connectivity index (χ0v) is 10.7. The van der Waals surface area contributed by atoms with Crippen LogP contribution in [-0.4, -0.2) is 15.9 Å². The van der Waals surface area contributed by atoms with Gasteiger partial charge in [0.2, 0.25) is 0 Å². The third-order valence-electron chi connectivity index (χ3n) is 2.51. The van der Waals surface area contributed by atoms with Crippen LogP contribution in [0.2, 0.25) is 0 Å². The van der Waals surface area contributed by atoms with E-state index in [0.29, 0.717) is 0 Å². The molecule has 0 aliphatic heterocycles. The molecule has 2 aromatic rings. The number of thiophene rings is 1. The quantitative estimate of drug-likeness (QED) is 0.875. The molecule has 2 N–H and O–H groups in total. The number of hydrogen-bond acceptors (Lipinski definition) is 3. The van der Waals surface area contributed by atoms with Crippen LogP contribution in [0.4, 0.5) is 0 Å². The van der Waals surface area contributed by atoms with Gasteiger partial charge in [-0.25, -0.2) is 4.98 Å². The number of nitrogens with one attached hydrogen (secondary N) is 2. The van der Waals surface area contributed by atoms with Crippen LogP contribution in [0.15, 0.2) is 23.7 Å². The maximum atomic E-state index is 11.9. The molecular weight excluding hydrogens is 234 g/mol. The summed E-state index contributed by atoms with van der Waals surface area (Å²) in [5.74, 6) is 0.774. The van der Waals surface area contributed by atoms with Crippen LogP contribution in [0, 0.1) is 6.92 Å². The van der Waals surface area contributed by atoms with Crippen LogP contribution in [0.25, 0.3) is 0 Å². The summed E-state index contributed by atoms with van der Waals surface area (Å²) < 4.78 is 0. The lowest BCUT2D eigenvalue weighted by molar-refractivity contribution is 0.0938. The van der Waals surface area contributed by atoms with Crippen LogP contribution in [0.5, 0.6) is 0 Å². The first-order valence-electron chi connectivity index (χ1n) is 5.56. The summed E-state index contributed by atoms with van der Waals surface area (Å²) in [6.45, 7) is 3.97. The third kappa shape index (κ3) is 2.74. The maximum absolute atomic E-state index is 11.9. The van der Waals surface area contributed by atoms with Crippen LogP contribution in [0.3, 0.4) is 0 Å². The highest BCUT2D eigenvalue weighted by Crippen LogP contribution is 2.15. The summed E-state index contributed by atoms with van der Waals surface area (Å²) in [7, 11) is 0. The zero-order valence-electron chi connectivity index (χ0n) is 9.86. The second-order valence-corrected chi connectivity index (χ2v) is 4.81. The Bertz CT molecular complexity index is 490. The van der Waals surface area contributed by atoms with Gasteiger partial charge in [0, 0.05) is 11.9 Å². The number of aryl methyl sites for hydroxylation is 1. The SMILES string of the molecule is CCC(NC(=O)c1cccs1)c1ncc(C)[nH]1. The first-order valence-corrected chi connectivity index (χ1v) is 6.44. The number of nitrogens with zero attached hydrogens (tertiary/aromatic N) is 1. The highest BCUT2D eigenvalue weighted by Gasteiger charge is 2.16.